The summed E-state index contributed by atoms with van der Waals surface area (Å²) in [7, 11) is 0. The Labute approximate surface area is 128 Å². The minimum atomic E-state index is -1.46. The number of aliphatic hydroxyl groups is 2. The van der Waals surface area contributed by atoms with Gasteiger partial charge in [-0.2, -0.15) is 0 Å². The van der Waals surface area contributed by atoms with E-state index >= 15 is 0 Å². The second-order valence-electron chi connectivity index (χ2n) is 4.85. The molecule has 3 aromatic rings. The summed E-state index contributed by atoms with van der Waals surface area (Å²) in [6, 6.07) is 10.8. The van der Waals surface area contributed by atoms with Gasteiger partial charge in [0, 0.05) is 31.8 Å². The van der Waals surface area contributed by atoms with Crippen molar-refractivity contribution in [1.29, 1.82) is 0 Å². The van der Waals surface area contributed by atoms with Gasteiger partial charge in [-0.3, -0.25) is 4.79 Å². The van der Waals surface area contributed by atoms with Crippen molar-refractivity contribution in [3.05, 3.63) is 46.4 Å². The number of hydrogen-bond acceptors (Lipinski definition) is 3. The molecular weight excluding hydrogens is 336 g/mol. The molecule has 0 radical (unpaired) electrons. The largest absolute Gasteiger partial charge is 0.367 e. The van der Waals surface area contributed by atoms with E-state index in [9.17, 15) is 15.0 Å². The van der Waals surface area contributed by atoms with Gasteiger partial charge >= 0.3 is 0 Å². The van der Waals surface area contributed by atoms with Crippen molar-refractivity contribution in [1.82, 2.24) is 4.57 Å². The molecule has 0 aliphatic carbocycles. The van der Waals surface area contributed by atoms with Crippen LogP contribution in [0.2, 0.25) is 0 Å². The Morgan fingerprint density at radius 3 is 2.38 bits per heavy atom. The highest BCUT2D eigenvalue weighted by Gasteiger charge is 2.14. The van der Waals surface area contributed by atoms with Crippen LogP contribution in [0.1, 0.15) is 10.4 Å². The average Bonchev–Trinajstić information content (AvgIpc) is 2.71. The summed E-state index contributed by atoms with van der Waals surface area (Å²) in [6.07, 6.45) is -1.46. The number of hydrogen-bond donors (Lipinski definition) is 3. The molecule has 0 atom stereocenters. The van der Waals surface area contributed by atoms with Crippen LogP contribution in [-0.2, 0) is 6.54 Å². The van der Waals surface area contributed by atoms with Crippen molar-refractivity contribution in [2.24, 2.45) is 5.73 Å². The minimum Gasteiger partial charge on any atom is -0.367 e. The van der Waals surface area contributed by atoms with Crippen molar-refractivity contribution in [3.8, 4) is 0 Å². The molecule has 6 heteroatoms. The predicted molar refractivity (Wildman–Crippen MR) is 83.9 cm³/mol. The maximum atomic E-state index is 11.4. The van der Waals surface area contributed by atoms with E-state index in [-0.39, 0.29) is 6.54 Å². The molecular formula is C15H13BrN2O3. The lowest BCUT2D eigenvalue weighted by molar-refractivity contribution is -0.0497. The molecule has 2 aromatic carbocycles. The molecule has 0 spiro atoms. The predicted octanol–water partition coefficient (Wildman–Crippen LogP) is 1.97. The van der Waals surface area contributed by atoms with Crippen molar-refractivity contribution in [3.63, 3.8) is 0 Å². The third-order valence-corrected chi connectivity index (χ3v) is 3.95. The van der Waals surface area contributed by atoms with Crippen molar-refractivity contribution < 1.29 is 15.0 Å². The van der Waals surface area contributed by atoms with Gasteiger partial charge in [0.1, 0.15) is 0 Å². The Bertz CT molecular complexity index is 855. The van der Waals surface area contributed by atoms with E-state index in [0.717, 1.165) is 26.3 Å². The number of primary amides is 1. The number of nitrogens with zero attached hydrogens (tertiary/aromatic N) is 1. The monoisotopic (exact) mass is 348 g/mol. The zero-order valence-electron chi connectivity index (χ0n) is 11.0. The van der Waals surface area contributed by atoms with Gasteiger partial charge in [-0.25, -0.2) is 0 Å². The van der Waals surface area contributed by atoms with Gasteiger partial charge in [-0.05, 0) is 36.4 Å². The van der Waals surface area contributed by atoms with E-state index in [1.807, 2.05) is 22.8 Å². The maximum Gasteiger partial charge on any atom is 0.248 e. The first-order chi connectivity index (χ1) is 9.97. The molecule has 0 saturated carbocycles. The summed E-state index contributed by atoms with van der Waals surface area (Å²) in [6.45, 7) is 0.0531. The molecule has 0 saturated heterocycles. The Morgan fingerprint density at radius 1 is 1.14 bits per heavy atom. The van der Waals surface area contributed by atoms with Crippen LogP contribution in [0.4, 0.5) is 0 Å². The standard InChI is InChI=1S/C15H13BrN2O3/c16-9-2-4-13-11(6-9)10-5-8(15(17)21)1-3-12(10)18(13)7-14(19)20/h1-6,14,19-20H,7H2,(H2,17,21). The second-order valence-corrected chi connectivity index (χ2v) is 5.76. The third kappa shape index (κ3) is 2.42. The van der Waals surface area contributed by atoms with Gasteiger partial charge in [0.15, 0.2) is 6.29 Å². The highest BCUT2D eigenvalue weighted by molar-refractivity contribution is 9.10. The number of fused-ring (bicyclic) bond motifs is 3. The van der Waals surface area contributed by atoms with Crippen molar-refractivity contribution in [2.75, 3.05) is 0 Å². The maximum absolute atomic E-state index is 11.4. The first-order valence-electron chi connectivity index (χ1n) is 6.35. The molecule has 1 amide bonds. The number of amides is 1. The molecule has 0 aliphatic rings. The zero-order chi connectivity index (χ0) is 15.1. The Morgan fingerprint density at radius 2 is 1.76 bits per heavy atom. The van der Waals surface area contributed by atoms with Crippen molar-refractivity contribution >= 4 is 43.6 Å². The fraction of sp³-hybridized carbons (Fsp3) is 0.133. The fourth-order valence-electron chi connectivity index (χ4n) is 2.59. The van der Waals surface area contributed by atoms with Crippen LogP contribution < -0.4 is 5.73 Å². The summed E-state index contributed by atoms with van der Waals surface area (Å²) in [5, 5.41) is 20.4. The van der Waals surface area contributed by atoms with Gasteiger partial charge in [0.2, 0.25) is 5.91 Å². The van der Waals surface area contributed by atoms with Crippen LogP contribution in [0.25, 0.3) is 21.8 Å². The number of halogens is 1. The molecule has 0 fully saturated rings. The van der Waals surface area contributed by atoms with Crippen molar-refractivity contribution in [2.45, 2.75) is 12.8 Å². The lowest BCUT2D eigenvalue weighted by Crippen LogP contribution is -2.14. The van der Waals surface area contributed by atoms with Gasteiger partial charge in [-0.1, -0.05) is 15.9 Å². The summed E-state index contributed by atoms with van der Waals surface area (Å²) >= 11 is 3.43. The van der Waals surface area contributed by atoms with Gasteiger partial charge in [-0.15, -0.1) is 0 Å². The molecule has 1 aromatic heterocycles. The lowest BCUT2D eigenvalue weighted by Gasteiger charge is -2.09. The highest BCUT2D eigenvalue weighted by atomic mass is 79.9. The van der Waals surface area contributed by atoms with Crippen LogP contribution in [0.15, 0.2) is 40.9 Å². The smallest absolute Gasteiger partial charge is 0.248 e. The number of carbonyl (C=O) groups excluding carboxylic acids is 1. The van der Waals surface area contributed by atoms with Gasteiger partial charge < -0.3 is 20.5 Å². The van der Waals surface area contributed by atoms with Crippen LogP contribution in [0, 0.1) is 0 Å². The second kappa shape index (κ2) is 5.14. The number of aliphatic hydroxyl groups excluding tert-OH is 1. The third-order valence-electron chi connectivity index (χ3n) is 3.46. The number of nitrogens with two attached hydrogens (primary N) is 1. The first-order valence-corrected chi connectivity index (χ1v) is 7.14. The number of rotatable bonds is 3. The van der Waals surface area contributed by atoms with Gasteiger partial charge in [0.05, 0.1) is 6.54 Å². The topological polar surface area (TPSA) is 88.5 Å². The SMILES string of the molecule is NC(=O)c1ccc2c(c1)c1cc(Br)ccc1n2CC(O)O. The fourth-order valence-corrected chi connectivity index (χ4v) is 2.95. The van der Waals surface area contributed by atoms with E-state index in [1.165, 1.54) is 0 Å². The molecule has 0 unspecified atom stereocenters. The summed E-state index contributed by atoms with van der Waals surface area (Å²) in [5.41, 5.74) is 7.44. The lowest BCUT2D eigenvalue weighted by atomic mass is 10.1. The Kier molecular flexibility index (Phi) is 3.44. The summed E-state index contributed by atoms with van der Waals surface area (Å²) in [5.74, 6) is -0.491. The average molecular weight is 349 g/mol. The number of carbonyl (C=O) groups is 1. The van der Waals surface area contributed by atoms with Crippen LogP contribution >= 0.6 is 15.9 Å². The van der Waals surface area contributed by atoms with Crippen LogP contribution in [-0.4, -0.2) is 27.0 Å². The normalized spacial score (nSPS) is 11.6. The molecule has 3 rings (SSSR count). The highest BCUT2D eigenvalue weighted by Crippen LogP contribution is 2.32. The van der Waals surface area contributed by atoms with E-state index in [2.05, 4.69) is 15.9 Å². The zero-order valence-corrected chi connectivity index (χ0v) is 12.5. The summed E-state index contributed by atoms with van der Waals surface area (Å²) in [4.78, 5) is 11.4. The summed E-state index contributed by atoms with van der Waals surface area (Å²) < 4.78 is 2.72. The van der Waals surface area contributed by atoms with E-state index in [1.54, 1.807) is 18.2 Å². The molecule has 0 aliphatic heterocycles. The molecule has 1 heterocycles. The van der Waals surface area contributed by atoms with Crippen LogP contribution in [0.5, 0.6) is 0 Å². The van der Waals surface area contributed by atoms with Gasteiger partial charge in [0.25, 0.3) is 0 Å². The minimum absolute atomic E-state index is 0.0531. The Balaban J connectivity index is 2.40. The molecule has 108 valence electrons. The molecule has 0 bridgehead atoms. The van der Waals surface area contributed by atoms with Crippen LogP contribution in [0.3, 0.4) is 0 Å². The molecule has 21 heavy (non-hydrogen) atoms. The van der Waals surface area contributed by atoms with E-state index < -0.39 is 12.2 Å². The Hall–Kier alpha value is -1.89. The number of aromatic nitrogens is 1. The van der Waals surface area contributed by atoms with E-state index in [0.29, 0.717) is 5.56 Å². The quantitative estimate of drug-likeness (QED) is 0.632. The molecule has 5 nitrogen and oxygen atoms in total. The number of benzene rings is 2. The van der Waals surface area contributed by atoms with E-state index in [4.69, 9.17) is 5.73 Å². The first kappa shape index (κ1) is 14.1. The molecule has 4 N–H and O–H groups in total.